The number of alkyl halides is 3. The third kappa shape index (κ3) is 13.6. The number of hydrogen-bond acceptors (Lipinski definition) is 12. The largest absolute Gasteiger partial charge is 0.496 e. The number of azo groups is 2. The Morgan fingerprint density at radius 2 is 0.985 bits per heavy atom. The number of anilines is 4. The minimum atomic E-state index is -1.65. The summed E-state index contributed by atoms with van der Waals surface area (Å²) in [6.45, 7) is 3.90. The minimum absolute atomic E-state index is 0.00894. The van der Waals surface area contributed by atoms with Crippen LogP contribution >= 0.6 is 58.0 Å². The van der Waals surface area contributed by atoms with E-state index in [9.17, 15) is 28.8 Å². The van der Waals surface area contributed by atoms with Gasteiger partial charge in [-0.1, -0.05) is 23.2 Å². The molecule has 0 heterocycles. The van der Waals surface area contributed by atoms with Crippen molar-refractivity contribution >= 4 is 127 Å². The Hall–Kier alpha value is -6.43. The number of nitrogens with one attached hydrogen (secondary N) is 4. The maximum Gasteiger partial charge on any atom is 0.258 e. The fourth-order valence-corrected chi connectivity index (χ4v) is 7.07. The molecule has 16 nitrogen and oxygen atoms in total. The first-order chi connectivity index (χ1) is 32.0. The monoisotopic (exact) mass is 1010 g/mol. The summed E-state index contributed by atoms with van der Waals surface area (Å²) >= 11 is 31.2. The molecule has 0 spiro atoms. The van der Waals surface area contributed by atoms with Gasteiger partial charge in [-0.25, -0.2) is 0 Å². The molecule has 5 rings (SSSR count). The molecule has 348 valence electrons. The second kappa shape index (κ2) is 23.8. The predicted octanol–water partition coefficient (Wildman–Crippen LogP) is 11.7. The Labute approximate surface area is 409 Å². The van der Waals surface area contributed by atoms with Crippen LogP contribution < -0.4 is 30.7 Å². The molecule has 67 heavy (non-hydrogen) atoms. The maximum atomic E-state index is 13.5. The van der Waals surface area contributed by atoms with Gasteiger partial charge in [-0.2, -0.15) is 20.5 Å². The van der Waals surface area contributed by atoms with Crippen LogP contribution in [0.15, 0.2) is 111 Å². The Kier molecular flexibility index (Phi) is 18.3. The fourth-order valence-electron chi connectivity index (χ4n) is 6.16. The molecule has 5 aromatic carbocycles. The van der Waals surface area contributed by atoms with Crippen LogP contribution in [0.3, 0.4) is 0 Å². The molecule has 0 saturated heterocycles. The zero-order chi connectivity index (χ0) is 48.9. The van der Waals surface area contributed by atoms with Crippen molar-refractivity contribution in [1.29, 1.82) is 0 Å². The highest BCUT2D eigenvalue weighted by atomic mass is 35.5. The number of carbonyl (C=O) groups is 6. The Morgan fingerprint density at radius 3 is 1.39 bits per heavy atom. The van der Waals surface area contributed by atoms with Crippen molar-refractivity contribution in [2.75, 3.05) is 35.5 Å². The molecule has 3 unspecified atom stereocenters. The van der Waals surface area contributed by atoms with E-state index in [-0.39, 0.29) is 55.7 Å². The molecule has 4 N–H and O–H groups in total. The maximum absolute atomic E-state index is 13.5. The molecule has 0 aliphatic heterocycles. The molecular weight excluding hydrogens is 970 g/mol. The zero-order valence-corrected chi connectivity index (χ0v) is 40.0. The first-order valence-electron chi connectivity index (χ1n) is 19.9. The van der Waals surface area contributed by atoms with Gasteiger partial charge in [-0.3, -0.25) is 28.8 Å². The van der Waals surface area contributed by atoms with Crippen LogP contribution in [0.2, 0.25) is 10.0 Å². The second-order valence-corrected chi connectivity index (χ2v) is 16.4. The Bertz CT molecular complexity index is 2790. The summed E-state index contributed by atoms with van der Waals surface area (Å²) in [6, 6.07) is 19.4. The highest BCUT2D eigenvalue weighted by Gasteiger charge is 2.27. The van der Waals surface area contributed by atoms with Crippen LogP contribution in [0.4, 0.5) is 34.1 Å². The van der Waals surface area contributed by atoms with E-state index in [0.717, 1.165) is 13.8 Å². The quantitative estimate of drug-likeness (QED) is 0.0353. The number of ketones is 2. The van der Waals surface area contributed by atoms with Crippen molar-refractivity contribution in [1.82, 2.24) is 0 Å². The molecular formula is C46H41Cl5N8O8. The van der Waals surface area contributed by atoms with E-state index in [4.69, 9.17) is 67.5 Å². The molecule has 21 heteroatoms. The molecule has 3 atom stereocenters. The lowest BCUT2D eigenvalue weighted by atomic mass is 10.1. The van der Waals surface area contributed by atoms with Gasteiger partial charge in [-0.05, 0) is 117 Å². The van der Waals surface area contributed by atoms with E-state index in [0.29, 0.717) is 39.6 Å². The number of nitrogens with zero attached hydrogens (tertiary/aromatic N) is 4. The topological polar surface area (TPSA) is 218 Å². The van der Waals surface area contributed by atoms with Crippen molar-refractivity contribution in [3.63, 3.8) is 0 Å². The van der Waals surface area contributed by atoms with E-state index < -0.39 is 52.7 Å². The van der Waals surface area contributed by atoms with Crippen molar-refractivity contribution in [2.45, 2.75) is 50.0 Å². The van der Waals surface area contributed by atoms with Gasteiger partial charge in [0.25, 0.3) is 23.6 Å². The number of ether oxygens (including phenoxy) is 2. The smallest absolute Gasteiger partial charge is 0.258 e. The number of benzene rings is 5. The van der Waals surface area contributed by atoms with E-state index in [1.807, 2.05) is 0 Å². The highest BCUT2D eigenvalue weighted by molar-refractivity contribution is 6.33. The van der Waals surface area contributed by atoms with E-state index >= 15 is 0 Å². The third-order valence-electron chi connectivity index (χ3n) is 9.62. The lowest BCUT2D eigenvalue weighted by Crippen LogP contribution is -2.32. The Balaban J connectivity index is 1.28. The average Bonchev–Trinajstić information content (AvgIpc) is 3.30. The summed E-state index contributed by atoms with van der Waals surface area (Å²) in [5, 5.41) is 26.2. The number of Topliss-reactive ketones (excluding diaryl/α,β-unsaturated/α-hetero) is 2. The van der Waals surface area contributed by atoms with Crippen molar-refractivity contribution < 1.29 is 38.2 Å². The summed E-state index contributed by atoms with van der Waals surface area (Å²) in [5.74, 6) is -2.64. The van der Waals surface area contributed by atoms with E-state index in [1.165, 1.54) is 68.8 Å². The summed E-state index contributed by atoms with van der Waals surface area (Å²) in [5.41, 5.74) is 3.24. The van der Waals surface area contributed by atoms with Gasteiger partial charge in [0.05, 0.1) is 41.4 Å². The van der Waals surface area contributed by atoms with Gasteiger partial charge in [0, 0.05) is 45.0 Å². The summed E-state index contributed by atoms with van der Waals surface area (Å²) < 4.78 is 10.6. The number of amides is 4. The summed E-state index contributed by atoms with van der Waals surface area (Å²) in [7, 11) is 3.02. The first kappa shape index (κ1) is 51.6. The number of halogens is 5. The first-order valence-corrected chi connectivity index (χ1v) is 22.1. The second-order valence-electron chi connectivity index (χ2n) is 14.4. The van der Waals surface area contributed by atoms with Crippen molar-refractivity contribution in [3.05, 3.63) is 129 Å². The molecule has 0 fully saturated rings. The SMILES string of the molecule is COc1ccc(NC(=O)c2ccc(Cl)c(N=NC(C(C)=O)C(=O)Nc3ccc(NC(=O)C(N=Nc4cc(C(=O)Nc5ccc(OC)c(CCl)c5)ccc4Cl)C(C)=O)c(C(C)Cl)c3)c2)cc1CCl. The third-order valence-corrected chi connectivity index (χ3v) is 11.1. The van der Waals surface area contributed by atoms with Gasteiger partial charge in [0.15, 0.2) is 11.6 Å². The van der Waals surface area contributed by atoms with E-state index in [2.05, 4.69) is 41.7 Å². The van der Waals surface area contributed by atoms with Crippen molar-refractivity contribution in [3.8, 4) is 11.5 Å². The van der Waals surface area contributed by atoms with Crippen LogP contribution in [-0.2, 0) is 30.9 Å². The van der Waals surface area contributed by atoms with Crippen LogP contribution in [-0.4, -0.2) is 61.5 Å². The normalized spacial score (nSPS) is 12.5. The Morgan fingerprint density at radius 1 is 0.567 bits per heavy atom. The summed E-state index contributed by atoms with van der Waals surface area (Å²) in [4.78, 5) is 78.6. The zero-order valence-electron chi connectivity index (χ0n) is 36.3. The number of methoxy groups -OCH3 is 2. The number of hydrogen-bond donors (Lipinski definition) is 4. The highest BCUT2D eigenvalue weighted by Crippen LogP contribution is 2.33. The fraction of sp³-hybridized carbons (Fsp3) is 0.217. The number of carbonyl (C=O) groups excluding carboxylic acids is 6. The van der Waals surface area contributed by atoms with Gasteiger partial charge in [0.2, 0.25) is 12.1 Å². The van der Waals surface area contributed by atoms with Crippen LogP contribution in [0.5, 0.6) is 11.5 Å². The summed E-state index contributed by atoms with van der Waals surface area (Å²) in [6.07, 6.45) is 0. The van der Waals surface area contributed by atoms with Crippen molar-refractivity contribution in [2.24, 2.45) is 20.5 Å². The number of rotatable bonds is 19. The lowest BCUT2D eigenvalue weighted by Gasteiger charge is -2.17. The lowest BCUT2D eigenvalue weighted by molar-refractivity contribution is -0.127. The molecule has 0 radical (unpaired) electrons. The molecule has 0 bridgehead atoms. The van der Waals surface area contributed by atoms with Crippen LogP contribution in [0.1, 0.15) is 63.6 Å². The van der Waals surface area contributed by atoms with Gasteiger partial charge >= 0.3 is 0 Å². The van der Waals surface area contributed by atoms with Gasteiger partial charge in [-0.15, -0.1) is 34.8 Å². The predicted molar refractivity (Wildman–Crippen MR) is 260 cm³/mol. The van der Waals surface area contributed by atoms with Gasteiger partial charge in [0.1, 0.15) is 22.9 Å². The standard InChI is InChI=1S/C46H41Cl5N8O8/c1-23(49)33-20-32(54-45(64)41(24(2)60)58-56-37-18-26(6-11-34(37)50)43(62)52-30-9-14-39(66-4)28(16-30)21-47)8-13-36(33)55-46(65)42(25(3)61)59-57-38-19-27(7-12-35(38)51)44(63)53-31-10-15-40(67-5)29(17-31)22-48/h6-20,23,41-42H,21-22H2,1-5H3,(H,52,62)(H,53,63)(H,54,64)(H,55,65). The van der Waals surface area contributed by atoms with Crippen LogP contribution in [0.25, 0.3) is 0 Å². The molecule has 0 aliphatic carbocycles. The molecule has 0 aromatic heterocycles. The molecule has 4 amide bonds. The van der Waals surface area contributed by atoms with E-state index in [1.54, 1.807) is 43.3 Å². The molecule has 0 aliphatic rings. The van der Waals surface area contributed by atoms with Crippen LogP contribution in [0, 0.1) is 0 Å². The average molecular weight is 1010 g/mol. The minimum Gasteiger partial charge on any atom is -0.496 e. The van der Waals surface area contributed by atoms with Gasteiger partial charge < -0.3 is 30.7 Å². The molecule has 5 aromatic rings. The molecule has 0 saturated carbocycles.